The van der Waals surface area contributed by atoms with E-state index in [1.54, 1.807) is 18.3 Å². The number of fused-ring (bicyclic) bond motifs is 1. The van der Waals surface area contributed by atoms with Gasteiger partial charge in [-0.05, 0) is 42.7 Å². The highest BCUT2D eigenvalue weighted by Crippen LogP contribution is 2.38. The van der Waals surface area contributed by atoms with Gasteiger partial charge in [-0.1, -0.05) is 29.4 Å². The van der Waals surface area contributed by atoms with E-state index in [1.165, 1.54) is 11.8 Å². The molecule has 142 valence electrons. The molecule has 27 heavy (non-hydrogen) atoms. The zero-order valence-corrected chi connectivity index (χ0v) is 16.5. The van der Waals surface area contributed by atoms with Crippen molar-refractivity contribution < 1.29 is 14.3 Å². The van der Waals surface area contributed by atoms with Crippen molar-refractivity contribution in [3.63, 3.8) is 0 Å². The maximum atomic E-state index is 12.8. The van der Waals surface area contributed by atoms with Gasteiger partial charge in [0.25, 0.3) is 0 Å². The van der Waals surface area contributed by atoms with Crippen LogP contribution in [0.1, 0.15) is 30.9 Å². The molecular formula is C20H21ClN2O3S. The Morgan fingerprint density at radius 1 is 1.22 bits per heavy atom. The number of likely N-dealkylation sites (tertiary alicyclic amines) is 1. The van der Waals surface area contributed by atoms with Gasteiger partial charge in [0.1, 0.15) is 5.03 Å². The largest absolute Gasteiger partial charge is 0.490 e. The summed E-state index contributed by atoms with van der Waals surface area (Å²) in [6.45, 7) is 2.10. The molecule has 0 bridgehead atoms. The normalized spacial score (nSPS) is 19.0. The van der Waals surface area contributed by atoms with Crippen LogP contribution >= 0.6 is 23.4 Å². The molecule has 0 radical (unpaired) electrons. The minimum absolute atomic E-state index is 0.0782. The van der Waals surface area contributed by atoms with Crippen molar-refractivity contribution in [3.8, 4) is 11.5 Å². The van der Waals surface area contributed by atoms with E-state index < -0.39 is 0 Å². The molecule has 0 N–H and O–H groups in total. The van der Waals surface area contributed by atoms with Gasteiger partial charge in [0.2, 0.25) is 5.91 Å². The minimum Gasteiger partial charge on any atom is -0.490 e. The first-order chi connectivity index (χ1) is 13.2. The maximum absolute atomic E-state index is 12.8. The van der Waals surface area contributed by atoms with Gasteiger partial charge < -0.3 is 14.4 Å². The summed E-state index contributed by atoms with van der Waals surface area (Å²) in [5, 5.41) is 1.27. The minimum atomic E-state index is 0.0782. The number of aromatic nitrogens is 1. The van der Waals surface area contributed by atoms with E-state index in [0.29, 0.717) is 29.0 Å². The number of hydrogen-bond acceptors (Lipinski definition) is 5. The number of thioether (sulfide) groups is 1. The van der Waals surface area contributed by atoms with Crippen molar-refractivity contribution in [3.05, 3.63) is 47.1 Å². The van der Waals surface area contributed by atoms with Gasteiger partial charge in [-0.25, -0.2) is 4.98 Å². The first-order valence-electron chi connectivity index (χ1n) is 9.15. The van der Waals surface area contributed by atoms with Crippen molar-refractivity contribution in [1.82, 2.24) is 9.88 Å². The van der Waals surface area contributed by atoms with Crippen LogP contribution in [0.2, 0.25) is 5.02 Å². The van der Waals surface area contributed by atoms with Crippen LogP contribution in [0.5, 0.6) is 11.5 Å². The number of amides is 1. The first-order valence-corrected chi connectivity index (χ1v) is 10.5. The molecule has 3 heterocycles. The molecule has 1 aromatic heterocycles. The van der Waals surface area contributed by atoms with E-state index in [1.807, 2.05) is 23.1 Å². The molecule has 1 aromatic carbocycles. The number of carbonyl (C=O) groups excluding carboxylic acids is 1. The predicted molar refractivity (Wildman–Crippen MR) is 106 cm³/mol. The number of halogens is 1. The van der Waals surface area contributed by atoms with Crippen molar-refractivity contribution in [1.29, 1.82) is 0 Å². The van der Waals surface area contributed by atoms with E-state index in [2.05, 4.69) is 4.98 Å². The van der Waals surface area contributed by atoms with E-state index in [-0.39, 0.29) is 11.9 Å². The summed E-state index contributed by atoms with van der Waals surface area (Å²) in [5.41, 5.74) is 1.10. The van der Waals surface area contributed by atoms with Crippen LogP contribution < -0.4 is 9.47 Å². The molecular weight excluding hydrogens is 384 g/mol. The number of pyridine rings is 1. The molecule has 0 aliphatic carbocycles. The van der Waals surface area contributed by atoms with Crippen LogP contribution in [0.4, 0.5) is 0 Å². The molecule has 1 saturated heterocycles. The molecule has 1 unspecified atom stereocenters. The van der Waals surface area contributed by atoms with Crippen LogP contribution in [0.25, 0.3) is 0 Å². The lowest BCUT2D eigenvalue weighted by Gasteiger charge is -2.25. The van der Waals surface area contributed by atoms with Crippen LogP contribution in [0, 0.1) is 0 Å². The highest BCUT2D eigenvalue weighted by atomic mass is 35.5. The molecule has 1 fully saturated rings. The molecule has 0 saturated carbocycles. The highest BCUT2D eigenvalue weighted by Gasteiger charge is 2.30. The Bertz CT molecular complexity index is 833. The summed E-state index contributed by atoms with van der Waals surface area (Å²) in [4.78, 5) is 19.0. The number of nitrogens with zero attached hydrogens (tertiary/aromatic N) is 2. The number of carbonyl (C=O) groups is 1. The molecule has 0 spiro atoms. The van der Waals surface area contributed by atoms with Gasteiger partial charge in [0, 0.05) is 19.2 Å². The van der Waals surface area contributed by atoms with Crippen molar-refractivity contribution in [2.24, 2.45) is 0 Å². The predicted octanol–water partition coefficient (Wildman–Crippen LogP) is 4.35. The Hall–Kier alpha value is -1.92. The van der Waals surface area contributed by atoms with E-state index >= 15 is 0 Å². The Balaban J connectivity index is 1.46. The average molecular weight is 405 g/mol. The fourth-order valence-corrected chi connectivity index (χ4v) is 4.54. The smallest absolute Gasteiger partial charge is 0.233 e. The van der Waals surface area contributed by atoms with Crippen LogP contribution in [-0.4, -0.2) is 41.3 Å². The third-order valence-corrected chi connectivity index (χ3v) is 6.19. The molecule has 2 aliphatic heterocycles. The second-order valence-corrected chi connectivity index (χ2v) is 7.95. The van der Waals surface area contributed by atoms with E-state index in [4.69, 9.17) is 21.1 Å². The van der Waals surface area contributed by atoms with Crippen LogP contribution in [0.3, 0.4) is 0 Å². The monoisotopic (exact) mass is 404 g/mol. The van der Waals surface area contributed by atoms with Gasteiger partial charge in [0.15, 0.2) is 11.5 Å². The summed E-state index contributed by atoms with van der Waals surface area (Å²) in [7, 11) is 0. The molecule has 2 aromatic rings. The van der Waals surface area contributed by atoms with Crippen molar-refractivity contribution in [2.45, 2.75) is 30.3 Å². The fraction of sp³-hybridized carbons (Fsp3) is 0.400. The molecule has 7 heteroatoms. The summed E-state index contributed by atoms with van der Waals surface area (Å²) in [6.07, 6.45) is 4.53. The lowest BCUT2D eigenvalue weighted by molar-refractivity contribution is -0.129. The van der Waals surface area contributed by atoms with Crippen molar-refractivity contribution >= 4 is 29.3 Å². The SMILES string of the molecule is O=C(CSc1ncccc1Cl)N1CCCC1c1ccc2c(c1)OCCCO2. The van der Waals surface area contributed by atoms with Gasteiger partial charge >= 0.3 is 0 Å². The zero-order valence-electron chi connectivity index (χ0n) is 14.9. The van der Waals surface area contributed by atoms with E-state index in [9.17, 15) is 4.79 Å². The number of ether oxygens (including phenoxy) is 2. The number of benzene rings is 1. The third-order valence-electron chi connectivity index (χ3n) is 4.79. The highest BCUT2D eigenvalue weighted by molar-refractivity contribution is 8.00. The second kappa shape index (κ2) is 8.40. The van der Waals surface area contributed by atoms with Crippen molar-refractivity contribution in [2.75, 3.05) is 25.5 Å². The summed E-state index contributed by atoms with van der Waals surface area (Å²) < 4.78 is 11.5. The molecule has 2 aliphatic rings. The maximum Gasteiger partial charge on any atom is 0.233 e. The van der Waals surface area contributed by atoms with Crippen LogP contribution in [0.15, 0.2) is 41.6 Å². The lowest BCUT2D eigenvalue weighted by Crippen LogP contribution is -2.32. The Morgan fingerprint density at radius 2 is 2.07 bits per heavy atom. The molecule has 1 atom stereocenters. The third kappa shape index (κ3) is 4.17. The first kappa shape index (κ1) is 18.4. The molecule has 4 rings (SSSR count). The lowest BCUT2D eigenvalue weighted by atomic mass is 10.0. The fourth-order valence-electron chi connectivity index (χ4n) is 3.49. The van der Waals surface area contributed by atoms with Crippen LogP contribution in [-0.2, 0) is 4.79 Å². The topological polar surface area (TPSA) is 51.7 Å². The summed E-state index contributed by atoms with van der Waals surface area (Å²) in [5.74, 6) is 2.00. The van der Waals surface area contributed by atoms with Gasteiger partial charge in [0.05, 0.1) is 30.0 Å². The molecule has 1 amide bonds. The second-order valence-electron chi connectivity index (χ2n) is 6.58. The van der Waals surface area contributed by atoms with Gasteiger partial charge in [-0.15, -0.1) is 0 Å². The Kier molecular flexibility index (Phi) is 5.74. The number of rotatable bonds is 4. The molecule has 5 nitrogen and oxygen atoms in total. The standard InChI is InChI=1S/C20H21ClN2O3S/c21-15-4-1-8-22-20(15)27-13-19(24)23-9-2-5-16(23)14-6-7-17-18(12-14)26-11-3-10-25-17/h1,4,6-8,12,16H,2-3,5,9-11,13H2. The van der Waals surface area contributed by atoms with Gasteiger partial charge in [-0.2, -0.15) is 0 Å². The quantitative estimate of drug-likeness (QED) is 0.709. The number of hydrogen-bond donors (Lipinski definition) is 0. The Morgan fingerprint density at radius 3 is 2.93 bits per heavy atom. The summed E-state index contributed by atoms with van der Waals surface area (Å²) >= 11 is 7.52. The zero-order chi connectivity index (χ0) is 18.6. The van der Waals surface area contributed by atoms with Gasteiger partial charge in [-0.3, -0.25) is 4.79 Å². The Labute approximate surface area is 168 Å². The summed E-state index contributed by atoms with van der Waals surface area (Å²) in [6, 6.07) is 9.69. The van der Waals surface area contributed by atoms with E-state index in [0.717, 1.165) is 42.9 Å². The average Bonchev–Trinajstić information content (AvgIpc) is 3.06.